The summed E-state index contributed by atoms with van der Waals surface area (Å²) in [4.78, 5) is 4.54. The van der Waals surface area contributed by atoms with Gasteiger partial charge in [-0.15, -0.1) is 0 Å². The Kier molecular flexibility index (Phi) is 3.34. The minimum absolute atomic E-state index is 0.419. The summed E-state index contributed by atoms with van der Waals surface area (Å²) in [6.45, 7) is 4.32. The van der Waals surface area contributed by atoms with Crippen LogP contribution in [0.4, 0.5) is 0 Å². The molecule has 4 nitrogen and oxygen atoms in total. The van der Waals surface area contributed by atoms with Crippen LogP contribution in [0.3, 0.4) is 0 Å². The lowest BCUT2D eigenvalue weighted by atomic mass is 9.77. The fourth-order valence-corrected chi connectivity index (χ4v) is 2.82. The van der Waals surface area contributed by atoms with E-state index < -0.39 is 5.54 Å². The van der Waals surface area contributed by atoms with Crippen molar-refractivity contribution >= 4 is 0 Å². The Morgan fingerprint density at radius 3 is 2.75 bits per heavy atom. The highest BCUT2D eigenvalue weighted by Crippen LogP contribution is 2.36. The molecule has 2 N–H and O–H groups in total. The van der Waals surface area contributed by atoms with Crippen LogP contribution in [0.15, 0.2) is 28.8 Å². The van der Waals surface area contributed by atoms with E-state index in [0.717, 1.165) is 37.2 Å². The fourth-order valence-electron chi connectivity index (χ4n) is 2.82. The number of benzene rings is 1. The van der Waals surface area contributed by atoms with Gasteiger partial charge in [0.1, 0.15) is 0 Å². The molecule has 1 aliphatic rings. The largest absolute Gasteiger partial charge is 0.334 e. The van der Waals surface area contributed by atoms with Gasteiger partial charge in [-0.1, -0.05) is 29.8 Å². The van der Waals surface area contributed by atoms with Gasteiger partial charge in [-0.3, -0.25) is 0 Å². The van der Waals surface area contributed by atoms with Gasteiger partial charge < -0.3 is 10.3 Å². The molecule has 0 spiro atoms. The van der Waals surface area contributed by atoms with E-state index in [2.05, 4.69) is 17.1 Å². The Labute approximate surface area is 119 Å². The summed E-state index contributed by atoms with van der Waals surface area (Å²) in [5, 5.41) is 4.13. The molecule has 4 heteroatoms. The number of aryl methyl sites for hydroxylation is 1. The summed E-state index contributed by atoms with van der Waals surface area (Å²) in [6.07, 6.45) is 4.12. The molecule has 1 aliphatic carbocycles. The third-order valence-corrected chi connectivity index (χ3v) is 4.30. The zero-order valence-electron chi connectivity index (χ0n) is 12.1. The predicted molar refractivity (Wildman–Crippen MR) is 78.0 cm³/mol. The van der Waals surface area contributed by atoms with Crippen LogP contribution in [0.1, 0.15) is 44.0 Å². The first-order chi connectivity index (χ1) is 9.57. The van der Waals surface area contributed by atoms with Gasteiger partial charge in [0, 0.05) is 5.56 Å². The van der Waals surface area contributed by atoms with E-state index in [1.807, 2.05) is 31.2 Å². The third-order valence-electron chi connectivity index (χ3n) is 4.30. The molecule has 1 aromatic heterocycles. The van der Waals surface area contributed by atoms with E-state index in [1.165, 1.54) is 5.56 Å². The highest BCUT2D eigenvalue weighted by Gasteiger charge is 2.36. The van der Waals surface area contributed by atoms with Crippen LogP contribution in [0.25, 0.3) is 11.5 Å². The van der Waals surface area contributed by atoms with Gasteiger partial charge in [0.05, 0.1) is 5.54 Å². The van der Waals surface area contributed by atoms with Gasteiger partial charge in [-0.05, 0) is 50.7 Å². The quantitative estimate of drug-likeness (QED) is 0.909. The van der Waals surface area contributed by atoms with Crippen molar-refractivity contribution in [2.75, 3.05) is 0 Å². The molecule has 0 bridgehead atoms. The standard InChI is InChI=1S/C16H21N3O/c1-11-6-8-16(17,9-7-11)15-18-14(20-19-15)13-5-3-4-12(2)10-13/h3-5,10-11H,6-9,17H2,1-2H3. The Balaban J connectivity index is 1.87. The normalized spacial score (nSPS) is 26.6. The van der Waals surface area contributed by atoms with Gasteiger partial charge in [-0.25, -0.2) is 0 Å². The lowest BCUT2D eigenvalue weighted by Crippen LogP contribution is -2.41. The molecular formula is C16H21N3O. The fraction of sp³-hybridized carbons (Fsp3) is 0.500. The van der Waals surface area contributed by atoms with Crippen LogP contribution in [-0.2, 0) is 5.54 Å². The molecule has 0 radical (unpaired) electrons. The van der Waals surface area contributed by atoms with Crippen molar-refractivity contribution in [3.63, 3.8) is 0 Å². The maximum atomic E-state index is 6.48. The second-order valence-corrected chi connectivity index (χ2v) is 6.13. The lowest BCUT2D eigenvalue weighted by molar-refractivity contribution is 0.230. The van der Waals surface area contributed by atoms with Crippen molar-refractivity contribution in [2.45, 2.75) is 45.1 Å². The molecule has 20 heavy (non-hydrogen) atoms. The maximum Gasteiger partial charge on any atom is 0.257 e. The first-order valence-electron chi connectivity index (χ1n) is 7.27. The number of hydrogen-bond acceptors (Lipinski definition) is 4. The van der Waals surface area contributed by atoms with E-state index in [-0.39, 0.29) is 0 Å². The zero-order chi connectivity index (χ0) is 14.2. The van der Waals surface area contributed by atoms with Crippen molar-refractivity contribution in [3.8, 4) is 11.5 Å². The smallest absolute Gasteiger partial charge is 0.257 e. The number of rotatable bonds is 2. The Hall–Kier alpha value is -1.68. The Bertz CT molecular complexity index is 597. The van der Waals surface area contributed by atoms with Crippen LogP contribution in [0, 0.1) is 12.8 Å². The van der Waals surface area contributed by atoms with E-state index in [1.54, 1.807) is 0 Å². The molecule has 1 heterocycles. The average molecular weight is 271 g/mol. The molecule has 0 unspecified atom stereocenters. The molecule has 1 fully saturated rings. The first-order valence-corrected chi connectivity index (χ1v) is 7.27. The summed E-state index contributed by atoms with van der Waals surface area (Å²) in [5.74, 6) is 1.96. The zero-order valence-corrected chi connectivity index (χ0v) is 12.1. The summed E-state index contributed by atoms with van der Waals surface area (Å²) in [7, 11) is 0. The second kappa shape index (κ2) is 5.02. The topological polar surface area (TPSA) is 64.9 Å². The van der Waals surface area contributed by atoms with Crippen molar-refractivity contribution in [1.29, 1.82) is 0 Å². The van der Waals surface area contributed by atoms with E-state index in [9.17, 15) is 0 Å². The predicted octanol–water partition coefficient (Wildman–Crippen LogP) is 3.41. The molecule has 0 atom stereocenters. The highest BCUT2D eigenvalue weighted by molar-refractivity contribution is 5.53. The molecule has 0 saturated heterocycles. The molecule has 2 aromatic rings. The van der Waals surface area contributed by atoms with Crippen molar-refractivity contribution in [2.24, 2.45) is 11.7 Å². The molecule has 106 valence electrons. The van der Waals surface area contributed by atoms with Gasteiger partial charge in [0.15, 0.2) is 5.82 Å². The monoisotopic (exact) mass is 271 g/mol. The Morgan fingerprint density at radius 1 is 1.30 bits per heavy atom. The van der Waals surface area contributed by atoms with E-state index in [4.69, 9.17) is 10.3 Å². The molecule has 0 amide bonds. The number of nitrogens with zero attached hydrogens (tertiary/aromatic N) is 2. The van der Waals surface area contributed by atoms with Crippen molar-refractivity contribution in [3.05, 3.63) is 35.7 Å². The van der Waals surface area contributed by atoms with E-state index >= 15 is 0 Å². The number of nitrogens with two attached hydrogens (primary N) is 1. The van der Waals surface area contributed by atoms with Crippen molar-refractivity contribution < 1.29 is 4.52 Å². The second-order valence-electron chi connectivity index (χ2n) is 6.13. The van der Waals surface area contributed by atoms with Gasteiger partial charge in [0.25, 0.3) is 5.89 Å². The summed E-state index contributed by atoms with van der Waals surface area (Å²) >= 11 is 0. The summed E-state index contributed by atoms with van der Waals surface area (Å²) < 4.78 is 5.41. The molecule has 1 saturated carbocycles. The lowest BCUT2D eigenvalue weighted by Gasteiger charge is -2.33. The molecule has 1 aromatic carbocycles. The van der Waals surface area contributed by atoms with E-state index in [0.29, 0.717) is 11.7 Å². The van der Waals surface area contributed by atoms with Crippen molar-refractivity contribution in [1.82, 2.24) is 10.1 Å². The van der Waals surface area contributed by atoms with Crippen LogP contribution < -0.4 is 5.73 Å². The minimum atomic E-state index is -0.419. The highest BCUT2D eigenvalue weighted by atomic mass is 16.5. The summed E-state index contributed by atoms with van der Waals surface area (Å²) in [6, 6.07) is 8.07. The third kappa shape index (κ3) is 2.48. The van der Waals surface area contributed by atoms with Crippen LogP contribution in [0.2, 0.25) is 0 Å². The number of hydrogen-bond donors (Lipinski definition) is 1. The molecule has 0 aliphatic heterocycles. The summed E-state index contributed by atoms with van der Waals surface area (Å²) in [5.41, 5.74) is 8.19. The van der Waals surface area contributed by atoms with Crippen LogP contribution in [-0.4, -0.2) is 10.1 Å². The molecule has 3 rings (SSSR count). The van der Waals surface area contributed by atoms with Gasteiger partial charge >= 0.3 is 0 Å². The first kappa shape index (κ1) is 13.3. The maximum absolute atomic E-state index is 6.48. The average Bonchev–Trinajstić information content (AvgIpc) is 2.93. The van der Waals surface area contributed by atoms with Gasteiger partial charge in [-0.2, -0.15) is 4.98 Å². The Morgan fingerprint density at radius 2 is 2.05 bits per heavy atom. The van der Waals surface area contributed by atoms with Gasteiger partial charge in [0.2, 0.25) is 0 Å². The van der Waals surface area contributed by atoms with Crippen LogP contribution >= 0.6 is 0 Å². The number of aromatic nitrogens is 2. The molecular weight excluding hydrogens is 250 g/mol. The van der Waals surface area contributed by atoms with Crippen LogP contribution in [0.5, 0.6) is 0 Å². The SMILES string of the molecule is Cc1cccc(-c2nc(C3(N)CCC(C)CC3)no2)c1. The minimum Gasteiger partial charge on any atom is -0.334 e.